The van der Waals surface area contributed by atoms with Gasteiger partial charge in [0.1, 0.15) is 30.2 Å². The monoisotopic (exact) mass is 402 g/mol. The first-order chi connectivity index (χ1) is 14.2. The maximum Gasteiger partial charge on any atom is 0.186 e. The Kier molecular flexibility index (Phi) is 6.44. The molecule has 0 aromatic heterocycles. The molecule has 7 heteroatoms. The normalized spacial score (nSPS) is 31.8. The van der Waals surface area contributed by atoms with Crippen LogP contribution in [0.4, 0.5) is 0 Å². The SMILES string of the molecule is COc1ccc(C2OCC3OC(OC)C(OCc4ccccc4)C(O)C3O2)cc1. The number of methoxy groups -OCH3 is 2. The summed E-state index contributed by atoms with van der Waals surface area (Å²) in [7, 11) is 3.14. The van der Waals surface area contributed by atoms with Gasteiger partial charge in [-0.3, -0.25) is 0 Å². The Morgan fingerprint density at radius 3 is 2.45 bits per heavy atom. The molecule has 2 aliphatic heterocycles. The zero-order chi connectivity index (χ0) is 20.2. The highest BCUT2D eigenvalue weighted by molar-refractivity contribution is 5.28. The van der Waals surface area contributed by atoms with E-state index in [1.54, 1.807) is 7.11 Å². The van der Waals surface area contributed by atoms with E-state index in [4.69, 9.17) is 28.4 Å². The summed E-state index contributed by atoms with van der Waals surface area (Å²) in [6, 6.07) is 17.2. The van der Waals surface area contributed by atoms with Gasteiger partial charge in [-0.05, 0) is 17.7 Å². The van der Waals surface area contributed by atoms with Crippen molar-refractivity contribution >= 4 is 0 Å². The topological polar surface area (TPSA) is 75.6 Å². The summed E-state index contributed by atoms with van der Waals surface area (Å²) in [5.41, 5.74) is 1.84. The highest BCUT2D eigenvalue weighted by atomic mass is 16.8. The van der Waals surface area contributed by atoms with Gasteiger partial charge in [0.2, 0.25) is 0 Å². The fraction of sp³-hybridized carbons (Fsp3) is 0.455. The summed E-state index contributed by atoms with van der Waals surface area (Å²) in [5.74, 6) is 0.751. The van der Waals surface area contributed by atoms with Crippen LogP contribution in [0.5, 0.6) is 5.75 Å². The molecule has 29 heavy (non-hydrogen) atoms. The van der Waals surface area contributed by atoms with Crippen molar-refractivity contribution in [3.8, 4) is 5.75 Å². The van der Waals surface area contributed by atoms with Crippen molar-refractivity contribution in [3.63, 3.8) is 0 Å². The Bertz CT molecular complexity index is 766. The maximum absolute atomic E-state index is 11.0. The molecular formula is C22H26O7. The molecule has 7 nitrogen and oxygen atoms in total. The molecule has 0 bridgehead atoms. The summed E-state index contributed by atoms with van der Waals surface area (Å²) < 4.78 is 34.4. The summed E-state index contributed by atoms with van der Waals surface area (Å²) >= 11 is 0. The number of aliphatic hydroxyl groups excluding tert-OH is 1. The van der Waals surface area contributed by atoms with E-state index in [0.29, 0.717) is 6.61 Å². The highest BCUT2D eigenvalue weighted by Crippen LogP contribution is 2.35. The smallest absolute Gasteiger partial charge is 0.186 e. The van der Waals surface area contributed by atoms with Gasteiger partial charge in [-0.25, -0.2) is 0 Å². The van der Waals surface area contributed by atoms with E-state index in [0.717, 1.165) is 16.9 Å². The molecule has 0 spiro atoms. The van der Waals surface area contributed by atoms with Crippen molar-refractivity contribution in [2.45, 2.75) is 43.6 Å². The molecule has 0 saturated carbocycles. The van der Waals surface area contributed by atoms with Crippen LogP contribution in [0.3, 0.4) is 0 Å². The second-order valence-electron chi connectivity index (χ2n) is 7.07. The molecule has 2 heterocycles. The lowest BCUT2D eigenvalue weighted by molar-refractivity contribution is -0.363. The van der Waals surface area contributed by atoms with Crippen LogP contribution in [0.15, 0.2) is 54.6 Å². The molecule has 2 aliphatic rings. The van der Waals surface area contributed by atoms with Gasteiger partial charge >= 0.3 is 0 Å². The fourth-order valence-corrected chi connectivity index (χ4v) is 3.63. The van der Waals surface area contributed by atoms with Crippen LogP contribution in [-0.2, 0) is 30.3 Å². The van der Waals surface area contributed by atoms with Crippen molar-refractivity contribution in [2.75, 3.05) is 20.8 Å². The quantitative estimate of drug-likeness (QED) is 0.795. The second-order valence-corrected chi connectivity index (χ2v) is 7.07. The highest BCUT2D eigenvalue weighted by Gasteiger charge is 2.50. The maximum atomic E-state index is 11.0. The Morgan fingerprint density at radius 1 is 1.00 bits per heavy atom. The average molecular weight is 402 g/mol. The predicted octanol–water partition coefficient (Wildman–Crippen LogP) is 2.43. The van der Waals surface area contributed by atoms with Crippen LogP contribution in [0.2, 0.25) is 0 Å². The van der Waals surface area contributed by atoms with Gasteiger partial charge in [-0.2, -0.15) is 0 Å². The average Bonchev–Trinajstić information content (AvgIpc) is 2.79. The minimum Gasteiger partial charge on any atom is -0.497 e. The van der Waals surface area contributed by atoms with Crippen LogP contribution in [0, 0.1) is 0 Å². The molecule has 0 aliphatic carbocycles. The molecule has 2 saturated heterocycles. The first-order valence-corrected chi connectivity index (χ1v) is 9.62. The van der Waals surface area contributed by atoms with Crippen LogP contribution in [0.1, 0.15) is 17.4 Å². The number of aliphatic hydroxyl groups is 1. The minimum atomic E-state index is -0.924. The third-order valence-corrected chi connectivity index (χ3v) is 5.21. The number of rotatable bonds is 6. The number of fused-ring (bicyclic) bond motifs is 1. The number of benzene rings is 2. The molecule has 1 N–H and O–H groups in total. The molecule has 156 valence electrons. The van der Waals surface area contributed by atoms with E-state index >= 15 is 0 Å². The first kappa shape index (κ1) is 20.3. The van der Waals surface area contributed by atoms with Crippen molar-refractivity contribution in [1.82, 2.24) is 0 Å². The minimum absolute atomic E-state index is 0.281. The van der Waals surface area contributed by atoms with Gasteiger partial charge in [-0.1, -0.05) is 42.5 Å². The molecule has 2 aromatic carbocycles. The van der Waals surface area contributed by atoms with Crippen LogP contribution in [0.25, 0.3) is 0 Å². The van der Waals surface area contributed by atoms with E-state index in [-0.39, 0.29) is 6.61 Å². The lowest BCUT2D eigenvalue weighted by Crippen LogP contribution is -2.62. The summed E-state index contributed by atoms with van der Waals surface area (Å²) in [6.07, 6.45) is -3.96. The molecule has 6 unspecified atom stereocenters. The predicted molar refractivity (Wildman–Crippen MR) is 103 cm³/mol. The Balaban J connectivity index is 1.45. The van der Waals surface area contributed by atoms with E-state index < -0.39 is 37.0 Å². The Labute approximate surface area is 170 Å². The van der Waals surface area contributed by atoms with Crippen LogP contribution < -0.4 is 4.74 Å². The zero-order valence-corrected chi connectivity index (χ0v) is 16.5. The van der Waals surface area contributed by atoms with Crippen molar-refractivity contribution in [1.29, 1.82) is 0 Å². The second kappa shape index (κ2) is 9.21. The third-order valence-electron chi connectivity index (χ3n) is 5.21. The van der Waals surface area contributed by atoms with Gasteiger partial charge in [-0.15, -0.1) is 0 Å². The molecule has 6 atom stereocenters. The summed E-state index contributed by atoms with van der Waals surface area (Å²) in [5, 5.41) is 11.0. The van der Waals surface area contributed by atoms with E-state index in [2.05, 4.69) is 0 Å². The Morgan fingerprint density at radius 2 is 1.76 bits per heavy atom. The van der Waals surface area contributed by atoms with Crippen molar-refractivity contribution in [2.24, 2.45) is 0 Å². The standard InChI is InChI=1S/C22H26O7/c1-24-16-10-8-15(9-11-16)21-27-13-17-19(29-21)18(23)20(22(25-2)28-17)26-12-14-6-4-3-5-7-14/h3-11,17-23H,12-13H2,1-2H3. The van der Waals surface area contributed by atoms with Crippen LogP contribution in [-0.4, -0.2) is 56.6 Å². The van der Waals surface area contributed by atoms with Crippen molar-refractivity contribution < 1.29 is 33.5 Å². The summed E-state index contributed by atoms with van der Waals surface area (Å²) in [4.78, 5) is 0. The lowest BCUT2D eigenvalue weighted by Gasteiger charge is -2.47. The van der Waals surface area contributed by atoms with Gasteiger partial charge in [0.05, 0.1) is 20.3 Å². The Hall–Kier alpha value is -2.00. The molecule has 4 rings (SSSR count). The molecule has 0 amide bonds. The van der Waals surface area contributed by atoms with E-state index in [1.165, 1.54) is 7.11 Å². The summed E-state index contributed by atoms with van der Waals surface area (Å²) in [6.45, 7) is 0.616. The number of hydrogen-bond donors (Lipinski definition) is 1. The molecule has 0 radical (unpaired) electrons. The third kappa shape index (κ3) is 4.45. The largest absolute Gasteiger partial charge is 0.497 e. The number of ether oxygens (including phenoxy) is 6. The lowest BCUT2D eigenvalue weighted by atomic mass is 9.97. The van der Waals surface area contributed by atoms with E-state index in [1.807, 2.05) is 54.6 Å². The van der Waals surface area contributed by atoms with Crippen molar-refractivity contribution in [3.05, 3.63) is 65.7 Å². The van der Waals surface area contributed by atoms with Gasteiger partial charge < -0.3 is 33.5 Å². The molecular weight excluding hydrogens is 376 g/mol. The van der Waals surface area contributed by atoms with Gasteiger partial charge in [0, 0.05) is 12.7 Å². The number of hydrogen-bond acceptors (Lipinski definition) is 7. The van der Waals surface area contributed by atoms with Gasteiger partial charge in [0.15, 0.2) is 12.6 Å². The van der Waals surface area contributed by atoms with Gasteiger partial charge in [0.25, 0.3) is 0 Å². The van der Waals surface area contributed by atoms with E-state index in [9.17, 15) is 5.11 Å². The molecule has 2 aromatic rings. The zero-order valence-electron chi connectivity index (χ0n) is 16.5. The fourth-order valence-electron chi connectivity index (χ4n) is 3.63. The first-order valence-electron chi connectivity index (χ1n) is 9.62. The molecule has 2 fully saturated rings. The van der Waals surface area contributed by atoms with Crippen LogP contribution >= 0.6 is 0 Å².